The van der Waals surface area contributed by atoms with Gasteiger partial charge in [-0.15, -0.1) is 0 Å². The topological polar surface area (TPSA) is 79.1 Å². The fraction of sp³-hybridized carbons (Fsp3) is 0.652. The summed E-state index contributed by atoms with van der Waals surface area (Å²) in [6.07, 6.45) is 1.66. The van der Waals surface area contributed by atoms with Gasteiger partial charge in [-0.05, 0) is 59.3 Å². The number of carbonyl (C=O) groups is 2. The fourth-order valence-corrected chi connectivity index (χ4v) is 4.64. The van der Waals surface area contributed by atoms with Gasteiger partial charge < -0.3 is 15.4 Å². The minimum atomic E-state index is -1.14. The molecule has 2 aliphatic rings. The average Bonchev–Trinajstić information content (AvgIpc) is 2.72. The summed E-state index contributed by atoms with van der Waals surface area (Å²) >= 11 is 0. The van der Waals surface area contributed by atoms with E-state index in [4.69, 9.17) is 10.5 Å². The number of hydrogen-bond donors (Lipinski definition) is 1. The number of nitrogens with zero attached hydrogens (tertiary/aromatic N) is 3. The largest absolute Gasteiger partial charge is 0.444 e. The van der Waals surface area contributed by atoms with Crippen molar-refractivity contribution in [2.75, 3.05) is 46.3 Å². The standard InChI is InChI=1S/C23H36N4O3/c1-22(2,3)30-21(29)27-15-14-26(19-10-12-25(4)13-11-19)17-23(27,20(28)16-24)18-8-6-5-7-9-18/h5-9,19H,10-17,24H2,1-4H3. The van der Waals surface area contributed by atoms with Gasteiger partial charge in [0.25, 0.3) is 0 Å². The molecule has 7 nitrogen and oxygen atoms in total. The summed E-state index contributed by atoms with van der Waals surface area (Å²) in [4.78, 5) is 33.0. The van der Waals surface area contributed by atoms with Crippen molar-refractivity contribution in [2.24, 2.45) is 5.73 Å². The third-order valence-corrected chi connectivity index (χ3v) is 6.22. The van der Waals surface area contributed by atoms with Crippen LogP contribution in [0.15, 0.2) is 30.3 Å². The van der Waals surface area contributed by atoms with Crippen LogP contribution in [-0.2, 0) is 15.1 Å². The molecule has 30 heavy (non-hydrogen) atoms. The number of rotatable bonds is 4. The van der Waals surface area contributed by atoms with E-state index < -0.39 is 17.2 Å². The number of Topliss-reactive ketones (excluding diaryl/α,β-unsaturated/α-hetero) is 1. The van der Waals surface area contributed by atoms with E-state index in [1.807, 2.05) is 51.1 Å². The average molecular weight is 417 g/mol. The van der Waals surface area contributed by atoms with Gasteiger partial charge >= 0.3 is 6.09 Å². The van der Waals surface area contributed by atoms with Crippen molar-refractivity contribution in [3.05, 3.63) is 35.9 Å². The maximum absolute atomic E-state index is 13.4. The van der Waals surface area contributed by atoms with Crippen molar-refractivity contribution in [2.45, 2.75) is 50.8 Å². The number of piperidine rings is 1. The fourth-order valence-electron chi connectivity index (χ4n) is 4.64. The number of likely N-dealkylation sites (tertiary alicyclic amines) is 1. The van der Waals surface area contributed by atoms with Crippen LogP contribution >= 0.6 is 0 Å². The number of carbonyl (C=O) groups excluding carboxylic acids is 2. The number of piperazine rings is 1. The molecule has 3 rings (SSSR count). The van der Waals surface area contributed by atoms with E-state index in [0.717, 1.165) is 38.0 Å². The van der Waals surface area contributed by atoms with E-state index in [9.17, 15) is 9.59 Å². The summed E-state index contributed by atoms with van der Waals surface area (Å²) in [7, 11) is 2.14. The summed E-state index contributed by atoms with van der Waals surface area (Å²) in [5, 5.41) is 0. The first-order valence-electron chi connectivity index (χ1n) is 10.9. The number of nitrogens with two attached hydrogens (primary N) is 1. The highest BCUT2D eigenvalue weighted by atomic mass is 16.6. The van der Waals surface area contributed by atoms with Crippen molar-refractivity contribution < 1.29 is 14.3 Å². The van der Waals surface area contributed by atoms with Gasteiger partial charge in [0.15, 0.2) is 5.78 Å². The molecule has 0 bridgehead atoms. The van der Waals surface area contributed by atoms with Gasteiger partial charge in [0, 0.05) is 25.7 Å². The molecule has 2 heterocycles. The second-order valence-electron chi connectivity index (χ2n) is 9.49. The number of hydrogen-bond acceptors (Lipinski definition) is 6. The van der Waals surface area contributed by atoms with Gasteiger partial charge in [-0.1, -0.05) is 30.3 Å². The van der Waals surface area contributed by atoms with Crippen molar-refractivity contribution in [3.63, 3.8) is 0 Å². The van der Waals surface area contributed by atoms with E-state index in [-0.39, 0.29) is 12.3 Å². The SMILES string of the molecule is CN1CCC(N2CCN(C(=O)OC(C)(C)C)C(C(=O)CN)(c3ccccc3)C2)CC1. The zero-order valence-corrected chi connectivity index (χ0v) is 18.8. The molecule has 0 aliphatic carbocycles. The Kier molecular flexibility index (Phi) is 6.84. The summed E-state index contributed by atoms with van der Waals surface area (Å²) in [6.45, 7) is 9.08. The normalized spacial score (nSPS) is 24.6. The third-order valence-electron chi connectivity index (χ3n) is 6.22. The number of ether oxygens (including phenoxy) is 1. The summed E-state index contributed by atoms with van der Waals surface area (Å²) in [5.74, 6) is -0.155. The molecule has 0 saturated carbocycles. The van der Waals surface area contributed by atoms with E-state index in [1.54, 1.807) is 4.90 Å². The lowest BCUT2D eigenvalue weighted by molar-refractivity contribution is -0.137. The Morgan fingerprint density at radius 1 is 1.10 bits per heavy atom. The van der Waals surface area contributed by atoms with Crippen LogP contribution in [0.5, 0.6) is 0 Å². The molecular formula is C23H36N4O3. The van der Waals surface area contributed by atoms with Crippen LogP contribution in [0.2, 0.25) is 0 Å². The molecule has 2 saturated heterocycles. The monoisotopic (exact) mass is 416 g/mol. The van der Waals surface area contributed by atoms with E-state index >= 15 is 0 Å². The Morgan fingerprint density at radius 3 is 2.30 bits per heavy atom. The van der Waals surface area contributed by atoms with Gasteiger partial charge in [-0.25, -0.2) is 4.79 Å². The predicted molar refractivity (Wildman–Crippen MR) is 117 cm³/mol. The van der Waals surface area contributed by atoms with Gasteiger partial charge in [-0.3, -0.25) is 14.6 Å². The Labute approximate surface area is 180 Å². The summed E-state index contributed by atoms with van der Waals surface area (Å²) in [6, 6.07) is 9.97. The number of amides is 1. The lowest BCUT2D eigenvalue weighted by Gasteiger charge is -2.52. The quantitative estimate of drug-likeness (QED) is 0.809. The van der Waals surface area contributed by atoms with Crippen molar-refractivity contribution in [1.82, 2.24) is 14.7 Å². The first-order valence-corrected chi connectivity index (χ1v) is 10.9. The first-order chi connectivity index (χ1) is 14.2. The lowest BCUT2D eigenvalue weighted by Crippen LogP contribution is -2.68. The molecule has 7 heteroatoms. The highest BCUT2D eigenvalue weighted by molar-refractivity contribution is 5.94. The van der Waals surface area contributed by atoms with E-state index in [0.29, 0.717) is 19.1 Å². The highest BCUT2D eigenvalue weighted by Crippen LogP contribution is 2.36. The van der Waals surface area contributed by atoms with Crippen LogP contribution in [0, 0.1) is 0 Å². The smallest absolute Gasteiger partial charge is 0.411 e. The molecule has 2 N–H and O–H groups in total. The van der Waals surface area contributed by atoms with E-state index in [2.05, 4.69) is 16.8 Å². The molecule has 1 unspecified atom stereocenters. The molecule has 1 amide bonds. The van der Waals surface area contributed by atoms with Crippen molar-refractivity contribution >= 4 is 11.9 Å². The second-order valence-corrected chi connectivity index (χ2v) is 9.49. The predicted octanol–water partition coefficient (Wildman–Crippen LogP) is 2.06. The van der Waals surface area contributed by atoms with Gasteiger partial charge in [0.05, 0.1) is 6.54 Å². The van der Waals surface area contributed by atoms with E-state index in [1.165, 1.54) is 0 Å². The first kappa shape index (κ1) is 22.7. The molecular weight excluding hydrogens is 380 g/mol. The Bertz CT molecular complexity index is 741. The van der Waals surface area contributed by atoms with Crippen molar-refractivity contribution in [1.29, 1.82) is 0 Å². The number of benzene rings is 1. The molecule has 0 spiro atoms. The molecule has 1 aromatic carbocycles. The van der Waals surface area contributed by atoms with Gasteiger partial charge in [0.1, 0.15) is 11.1 Å². The zero-order chi connectivity index (χ0) is 21.9. The van der Waals surface area contributed by atoms with Gasteiger partial charge in [-0.2, -0.15) is 0 Å². The Hall–Kier alpha value is -1.96. The van der Waals surface area contributed by atoms with Crippen LogP contribution in [0.1, 0.15) is 39.2 Å². The number of ketones is 1. The van der Waals surface area contributed by atoms with Crippen LogP contribution in [0.25, 0.3) is 0 Å². The maximum atomic E-state index is 13.4. The molecule has 1 aromatic rings. The molecule has 1 atom stereocenters. The molecule has 2 aliphatic heterocycles. The zero-order valence-electron chi connectivity index (χ0n) is 18.8. The molecule has 2 fully saturated rings. The summed E-state index contributed by atoms with van der Waals surface area (Å²) < 4.78 is 5.71. The second kappa shape index (κ2) is 9.04. The highest BCUT2D eigenvalue weighted by Gasteiger charge is 2.52. The van der Waals surface area contributed by atoms with Crippen LogP contribution in [-0.4, -0.2) is 84.5 Å². The minimum absolute atomic E-state index is 0.130. The third kappa shape index (κ3) is 4.68. The Morgan fingerprint density at radius 2 is 1.73 bits per heavy atom. The Balaban J connectivity index is 2.00. The molecule has 0 radical (unpaired) electrons. The molecule has 166 valence electrons. The van der Waals surface area contributed by atoms with Crippen LogP contribution < -0.4 is 5.73 Å². The lowest BCUT2D eigenvalue weighted by atomic mass is 9.80. The minimum Gasteiger partial charge on any atom is -0.444 e. The maximum Gasteiger partial charge on any atom is 0.411 e. The van der Waals surface area contributed by atoms with Crippen molar-refractivity contribution in [3.8, 4) is 0 Å². The van der Waals surface area contributed by atoms with Crippen LogP contribution in [0.3, 0.4) is 0 Å². The van der Waals surface area contributed by atoms with Gasteiger partial charge in [0.2, 0.25) is 0 Å². The summed E-state index contributed by atoms with van der Waals surface area (Å²) in [5.41, 5.74) is 4.92. The van der Waals surface area contributed by atoms with Crippen LogP contribution in [0.4, 0.5) is 4.79 Å². The molecule has 0 aromatic heterocycles.